The van der Waals surface area contributed by atoms with E-state index in [2.05, 4.69) is 15.5 Å². The Bertz CT molecular complexity index is 251. The molecule has 0 aromatic heterocycles. The quantitative estimate of drug-likeness (QED) is 0.760. The van der Waals surface area contributed by atoms with E-state index in [0.717, 1.165) is 19.5 Å². The van der Waals surface area contributed by atoms with Crippen LogP contribution in [0.5, 0.6) is 0 Å². The second kappa shape index (κ2) is 6.36. The lowest BCUT2D eigenvalue weighted by Gasteiger charge is -2.24. The van der Waals surface area contributed by atoms with Gasteiger partial charge in [0.25, 0.3) is 0 Å². The van der Waals surface area contributed by atoms with E-state index in [1.165, 1.54) is 32.1 Å². The molecule has 1 aliphatic heterocycles. The number of nitrogens with zero attached hydrogens (tertiary/aromatic N) is 1. The molecule has 0 aromatic carbocycles. The van der Waals surface area contributed by atoms with Crippen LogP contribution in [-0.2, 0) is 4.79 Å². The molecule has 0 bridgehead atoms. The second-order valence-corrected chi connectivity index (χ2v) is 5.41. The Balaban J connectivity index is 1.66. The number of amides is 1. The number of rotatable bonds is 4. The first-order valence-corrected chi connectivity index (χ1v) is 6.97. The third-order valence-corrected chi connectivity index (χ3v) is 4.02. The van der Waals surface area contributed by atoms with Crippen molar-refractivity contribution in [3.05, 3.63) is 0 Å². The molecule has 0 aromatic rings. The Hall–Kier alpha value is -0.610. The molecule has 1 saturated heterocycles. The van der Waals surface area contributed by atoms with Crippen molar-refractivity contribution < 1.29 is 4.79 Å². The summed E-state index contributed by atoms with van der Waals surface area (Å²) < 4.78 is 0. The van der Waals surface area contributed by atoms with Gasteiger partial charge in [-0.15, -0.1) is 0 Å². The van der Waals surface area contributed by atoms with E-state index >= 15 is 0 Å². The molecule has 0 radical (unpaired) electrons. The van der Waals surface area contributed by atoms with Gasteiger partial charge in [-0.25, -0.2) is 0 Å². The fraction of sp³-hybridized carbons (Fsp3) is 0.923. The predicted molar refractivity (Wildman–Crippen MR) is 68.9 cm³/mol. The van der Waals surface area contributed by atoms with E-state index in [1.54, 1.807) is 0 Å². The number of carbonyl (C=O) groups excluding carboxylic acids is 1. The zero-order chi connectivity index (χ0) is 12.1. The maximum absolute atomic E-state index is 11.9. The summed E-state index contributed by atoms with van der Waals surface area (Å²) in [4.78, 5) is 14.1. The van der Waals surface area contributed by atoms with Crippen LogP contribution in [0.3, 0.4) is 0 Å². The topological polar surface area (TPSA) is 44.4 Å². The molecule has 98 valence electrons. The number of likely N-dealkylation sites (N-methyl/N-ethyl adjacent to an activating group) is 1. The first kappa shape index (κ1) is 12.8. The zero-order valence-corrected chi connectivity index (χ0v) is 10.9. The molecule has 1 unspecified atom stereocenters. The molecule has 2 N–H and O–H groups in total. The smallest absolute Gasteiger partial charge is 0.234 e. The lowest BCUT2D eigenvalue weighted by molar-refractivity contribution is -0.122. The largest absolute Gasteiger partial charge is 0.352 e. The molecule has 17 heavy (non-hydrogen) atoms. The molecule has 2 aliphatic rings. The van der Waals surface area contributed by atoms with Crippen molar-refractivity contribution >= 4 is 5.91 Å². The summed E-state index contributed by atoms with van der Waals surface area (Å²) in [6, 6.07) is 1.01. The van der Waals surface area contributed by atoms with E-state index in [4.69, 9.17) is 0 Å². The van der Waals surface area contributed by atoms with Gasteiger partial charge in [0, 0.05) is 25.2 Å². The highest BCUT2D eigenvalue weighted by Gasteiger charge is 2.23. The van der Waals surface area contributed by atoms with Gasteiger partial charge in [0.2, 0.25) is 5.91 Å². The van der Waals surface area contributed by atoms with Crippen LogP contribution >= 0.6 is 0 Å². The van der Waals surface area contributed by atoms with Gasteiger partial charge >= 0.3 is 0 Å². The normalized spacial score (nSPS) is 27.2. The van der Waals surface area contributed by atoms with Gasteiger partial charge < -0.3 is 10.6 Å². The molecule has 0 spiro atoms. The summed E-state index contributed by atoms with van der Waals surface area (Å²) in [6.07, 6.45) is 7.39. The van der Waals surface area contributed by atoms with E-state index < -0.39 is 0 Å². The average Bonchev–Trinajstić information content (AvgIpc) is 2.78. The minimum atomic E-state index is 0.216. The molecule has 1 atom stereocenters. The fourth-order valence-corrected chi connectivity index (χ4v) is 2.94. The van der Waals surface area contributed by atoms with Crippen molar-refractivity contribution in [1.29, 1.82) is 0 Å². The van der Waals surface area contributed by atoms with Crippen LogP contribution < -0.4 is 10.6 Å². The second-order valence-electron chi connectivity index (χ2n) is 5.41. The van der Waals surface area contributed by atoms with Crippen LogP contribution in [0.2, 0.25) is 0 Å². The molecule has 1 aliphatic carbocycles. The van der Waals surface area contributed by atoms with E-state index in [-0.39, 0.29) is 5.91 Å². The summed E-state index contributed by atoms with van der Waals surface area (Å²) in [7, 11) is 2.00. The van der Waals surface area contributed by atoms with Crippen molar-refractivity contribution in [2.24, 2.45) is 0 Å². The lowest BCUT2D eigenvalue weighted by Crippen LogP contribution is -2.42. The summed E-state index contributed by atoms with van der Waals surface area (Å²) >= 11 is 0. The molecule has 1 saturated carbocycles. The molecule has 2 fully saturated rings. The molecule has 1 amide bonds. The van der Waals surface area contributed by atoms with Crippen molar-refractivity contribution in [2.45, 2.75) is 50.6 Å². The van der Waals surface area contributed by atoms with Crippen LogP contribution in [0, 0.1) is 0 Å². The van der Waals surface area contributed by atoms with E-state index in [0.29, 0.717) is 18.6 Å². The van der Waals surface area contributed by atoms with Crippen LogP contribution in [0.15, 0.2) is 0 Å². The van der Waals surface area contributed by atoms with Crippen LogP contribution in [-0.4, -0.2) is 49.6 Å². The van der Waals surface area contributed by atoms with Gasteiger partial charge in [-0.05, 0) is 26.3 Å². The number of hydrogen-bond acceptors (Lipinski definition) is 3. The zero-order valence-electron chi connectivity index (χ0n) is 10.9. The fourth-order valence-electron chi connectivity index (χ4n) is 2.94. The summed E-state index contributed by atoms with van der Waals surface area (Å²) in [6.45, 7) is 2.63. The monoisotopic (exact) mass is 239 g/mol. The Morgan fingerprint density at radius 3 is 2.59 bits per heavy atom. The van der Waals surface area contributed by atoms with Gasteiger partial charge in [-0.2, -0.15) is 0 Å². The number of nitrogens with one attached hydrogen (secondary N) is 2. The Labute approximate surface area is 104 Å². The van der Waals surface area contributed by atoms with E-state index in [9.17, 15) is 4.79 Å². The Morgan fingerprint density at radius 2 is 1.94 bits per heavy atom. The van der Waals surface area contributed by atoms with Gasteiger partial charge in [-0.3, -0.25) is 9.69 Å². The molecule has 2 rings (SSSR count). The molecule has 1 heterocycles. The number of carbonyl (C=O) groups is 1. The van der Waals surface area contributed by atoms with Crippen LogP contribution in [0.1, 0.15) is 38.5 Å². The van der Waals surface area contributed by atoms with Gasteiger partial charge in [0.15, 0.2) is 0 Å². The predicted octanol–water partition coefficient (Wildman–Crippen LogP) is 0.729. The Kier molecular flexibility index (Phi) is 4.80. The number of hydrogen-bond donors (Lipinski definition) is 2. The first-order chi connectivity index (χ1) is 8.28. The summed E-state index contributed by atoms with van der Waals surface area (Å²) in [5.74, 6) is 0.216. The van der Waals surface area contributed by atoms with E-state index in [1.807, 2.05) is 7.05 Å². The van der Waals surface area contributed by atoms with Gasteiger partial charge in [0.05, 0.1) is 6.54 Å². The van der Waals surface area contributed by atoms with Crippen molar-refractivity contribution in [2.75, 3.05) is 26.7 Å². The van der Waals surface area contributed by atoms with Crippen LogP contribution in [0.25, 0.3) is 0 Å². The summed E-state index contributed by atoms with van der Waals surface area (Å²) in [5.41, 5.74) is 0. The van der Waals surface area contributed by atoms with Gasteiger partial charge in [0.1, 0.15) is 0 Å². The maximum atomic E-state index is 11.9. The standard InChI is InChI=1S/C13H25N3O/c1-14-12-7-8-16(9-12)10-13(17)15-11-5-3-2-4-6-11/h11-12,14H,2-10H2,1H3,(H,15,17). The Morgan fingerprint density at radius 1 is 1.18 bits per heavy atom. The van der Waals surface area contributed by atoms with Crippen molar-refractivity contribution in [3.63, 3.8) is 0 Å². The third-order valence-electron chi connectivity index (χ3n) is 4.02. The lowest BCUT2D eigenvalue weighted by atomic mass is 9.95. The minimum absolute atomic E-state index is 0.216. The van der Waals surface area contributed by atoms with Crippen molar-refractivity contribution in [1.82, 2.24) is 15.5 Å². The first-order valence-electron chi connectivity index (χ1n) is 6.97. The molecular formula is C13H25N3O. The third kappa shape index (κ3) is 3.96. The highest BCUT2D eigenvalue weighted by Crippen LogP contribution is 2.17. The maximum Gasteiger partial charge on any atom is 0.234 e. The highest BCUT2D eigenvalue weighted by molar-refractivity contribution is 5.78. The average molecular weight is 239 g/mol. The molecule has 4 nitrogen and oxygen atoms in total. The van der Waals surface area contributed by atoms with Gasteiger partial charge in [-0.1, -0.05) is 19.3 Å². The highest BCUT2D eigenvalue weighted by atomic mass is 16.2. The molecular weight excluding hydrogens is 214 g/mol. The van der Waals surface area contributed by atoms with Crippen molar-refractivity contribution in [3.8, 4) is 0 Å². The molecule has 4 heteroatoms. The SMILES string of the molecule is CNC1CCN(CC(=O)NC2CCCCC2)C1. The summed E-state index contributed by atoms with van der Waals surface area (Å²) in [5, 5.41) is 6.45. The minimum Gasteiger partial charge on any atom is -0.352 e. The van der Waals surface area contributed by atoms with Crippen LogP contribution in [0.4, 0.5) is 0 Å². The number of likely N-dealkylation sites (tertiary alicyclic amines) is 1.